The van der Waals surface area contributed by atoms with Gasteiger partial charge < -0.3 is 14.2 Å². The number of methoxy groups -OCH3 is 3. The van der Waals surface area contributed by atoms with E-state index in [-0.39, 0.29) is 17.9 Å². The highest BCUT2D eigenvalue weighted by Gasteiger charge is 2.47. The molecule has 0 spiro atoms. The predicted molar refractivity (Wildman–Crippen MR) is 120 cm³/mol. The number of benzene rings is 2. The summed E-state index contributed by atoms with van der Waals surface area (Å²) in [6.07, 6.45) is -1.24. The van der Waals surface area contributed by atoms with E-state index in [9.17, 15) is 18.0 Å². The van der Waals surface area contributed by atoms with Crippen molar-refractivity contribution in [3.63, 3.8) is 0 Å². The van der Waals surface area contributed by atoms with Crippen LogP contribution in [0.4, 0.5) is 5.69 Å². The van der Waals surface area contributed by atoms with E-state index in [0.717, 1.165) is 9.21 Å². The molecule has 0 N–H and O–H groups in total. The van der Waals surface area contributed by atoms with Crippen LogP contribution in [0.2, 0.25) is 0 Å². The molecule has 0 saturated carbocycles. The normalized spacial score (nSPS) is 16.9. The molecule has 1 unspecified atom stereocenters. The number of sulfonamides is 1. The fourth-order valence-corrected chi connectivity index (χ4v) is 5.20. The molecule has 11 heteroatoms. The van der Waals surface area contributed by atoms with Crippen LogP contribution in [0.25, 0.3) is 0 Å². The maximum Gasteiger partial charge on any atom is 0.252 e. The second-order valence-electron chi connectivity index (χ2n) is 6.91. The number of ether oxygens (including phenoxy) is 3. The van der Waals surface area contributed by atoms with Gasteiger partial charge in [-0.2, -0.15) is 4.31 Å². The zero-order chi connectivity index (χ0) is 23.5. The zero-order valence-corrected chi connectivity index (χ0v) is 20.1. The van der Waals surface area contributed by atoms with Crippen molar-refractivity contribution in [2.45, 2.75) is 23.6 Å². The van der Waals surface area contributed by atoms with Crippen molar-refractivity contribution in [3.05, 3.63) is 53.0 Å². The minimum atomic E-state index is -4.16. The molecule has 2 amide bonds. The average molecular weight is 527 g/mol. The standard InChI is InChI=1S/C21H23BrN2O7S/c1-29-16-8-6-15(7-9-16)24-19(25)12-18(21(24)26)23(13-20(30-2)31-3)32(27,28)17-10-4-14(22)5-11-17/h4-11,18,20H,12-13H2,1-3H3. The van der Waals surface area contributed by atoms with Crippen LogP contribution in [-0.4, -0.2) is 64.7 Å². The van der Waals surface area contributed by atoms with Crippen molar-refractivity contribution in [2.24, 2.45) is 0 Å². The number of hydrogen-bond donors (Lipinski definition) is 0. The smallest absolute Gasteiger partial charge is 0.252 e. The number of hydrogen-bond acceptors (Lipinski definition) is 7. The second-order valence-corrected chi connectivity index (χ2v) is 9.72. The average Bonchev–Trinajstić information content (AvgIpc) is 3.08. The lowest BCUT2D eigenvalue weighted by Gasteiger charge is -2.29. The van der Waals surface area contributed by atoms with Gasteiger partial charge in [0.05, 0.1) is 30.7 Å². The highest BCUT2D eigenvalue weighted by atomic mass is 79.9. The van der Waals surface area contributed by atoms with Gasteiger partial charge in [-0.15, -0.1) is 0 Å². The molecule has 9 nitrogen and oxygen atoms in total. The third-order valence-electron chi connectivity index (χ3n) is 5.08. The highest BCUT2D eigenvalue weighted by molar-refractivity contribution is 9.10. The quantitative estimate of drug-likeness (QED) is 0.365. The highest BCUT2D eigenvalue weighted by Crippen LogP contribution is 2.31. The Morgan fingerprint density at radius 1 is 1.03 bits per heavy atom. The summed E-state index contributed by atoms with van der Waals surface area (Å²) in [7, 11) is 0.0776. The molecule has 2 aromatic carbocycles. The molecule has 2 aromatic rings. The van der Waals surface area contributed by atoms with Crippen LogP contribution >= 0.6 is 15.9 Å². The lowest BCUT2D eigenvalue weighted by atomic mass is 10.2. The molecule has 1 saturated heterocycles. The van der Waals surface area contributed by atoms with Gasteiger partial charge in [0, 0.05) is 18.7 Å². The molecule has 0 aromatic heterocycles. The van der Waals surface area contributed by atoms with Crippen molar-refractivity contribution in [3.8, 4) is 5.75 Å². The fourth-order valence-electron chi connectivity index (χ4n) is 3.37. The van der Waals surface area contributed by atoms with Gasteiger partial charge in [-0.1, -0.05) is 15.9 Å². The topological polar surface area (TPSA) is 102 Å². The lowest BCUT2D eigenvalue weighted by molar-refractivity contribution is -0.125. The molecule has 1 fully saturated rings. The van der Waals surface area contributed by atoms with Crippen LogP contribution in [0, 0.1) is 0 Å². The van der Waals surface area contributed by atoms with E-state index in [2.05, 4.69) is 15.9 Å². The van der Waals surface area contributed by atoms with E-state index >= 15 is 0 Å². The summed E-state index contributed by atoms with van der Waals surface area (Å²) in [6, 6.07) is 11.1. The first-order chi connectivity index (χ1) is 15.2. The molecule has 0 bridgehead atoms. The Morgan fingerprint density at radius 2 is 1.62 bits per heavy atom. The first kappa shape index (κ1) is 24.3. The second kappa shape index (κ2) is 10.1. The minimum absolute atomic E-state index is 0.0187. The molecular weight excluding hydrogens is 504 g/mol. The summed E-state index contributed by atoms with van der Waals surface area (Å²) in [6.45, 7) is -0.272. The first-order valence-corrected chi connectivity index (χ1v) is 11.8. The number of carbonyl (C=O) groups excluding carboxylic acids is 2. The van der Waals surface area contributed by atoms with Crippen LogP contribution < -0.4 is 9.64 Å². The molecule has 32 heavy (non-hydrogen) atoms. The minimum Gasteiger partial charge on any atom is -0.497 e. The fraction of sp³-hybridized carbons (Fsp3) is 0.333. The Morgan fingerprint density at radius 3 is 2.16 bits per heavy atom. The lowest BCUT2D eigenvalue weighted by Crippen LogP contribution is -2.49. The molecule has 0 aliphatic carbocycles. The maximum absolute atomic E-state index is 13.5. The number of anilines is 1. The molecule has 1 aliphatic heterocycles. The van der Waals surface area contributed by atoms with Crippen molar-refractivity contribution >= 4 is 43.5 Å². The van der Waals surface area contributed by atoms with E-state index in [1.54, 1.807) is 36.4 Å². The summed E-state index contributed by atoms with van der Waals surface area (Å²) in [4.78, 5) is 27.0. The predicted octanol–water partition coefficient (Wildman–Crippen LogP) is 2.40. The number of rotatable bonds is 9. The Balaban J connectivity index is 1.99. The van der Waals surface area contributed by atoms with Gasteiger partial charge in [-0.3, -0.25) is 9.59 Å². The van der Waals surface area contributed by atoms with Crippen LogP contribution in [-0.2, 0) is 29.1 Å². The maximum atomic E-state index is 13.5. The van der Waals surface area contributed by atoms with E-state index < -0.39 is 34.2 Å². The third-order valence-corrected chi connectivity index (χ3v) is 7.49. The Bertz CT molecular complexity index is 1070. The number of amides is 2. The van der Waals surface area contributed by atoms with Gasteiger partial charge in [0.2, 0.25) is 15.9 Å². The van der Waals surface area contributed by atoms with Crippen LogP contribution in [0.5, 0.6) is 5.75 Å². The van der Waals surface area contributed by atoms with Crippen LogP contribution in [0.1, 0.15) is 6.42 Å². The Hall–Kier alpha value is -2.31. The zero-order valence-electron chi connectivity index (χ0n) is 17.7. The van der Waals surface area contributed by atoms with Gasteiger partial charge in [0.15, 0.2) is 6.29 Å². The van der Waals surface area contributed by atoms with Crippen molar-refractivity contribution in [2.75, 3.05) is 32.8 Å². The summed E-state index contributed by atoms with van der Waals surface area (Å²) >= 11 is 3.28. The van der Waals surface area contributed by atoms with E-state index in [4.69, 9.17) is 14.2 Å². The Kier molecular flexibility index (Phi) is 7.67. The van der Waals surface area contributed by atoms with Gasteiger partial charge in [-0.25, -0.2) is 13.3 Å². The molecule has 3 rings (SSSR count). The Labute approximate surface area is 195 Å². The summed E-state index contributed by atoms with van der Waals surface area (Å²) in [5, 5.41) is 0. The van der Waals surface area contributed by atoms with E-state index in [1.165, 1.54) is 33.5 Å². The first-order valence-electron chi connectivity index (χ1n) is 9.56. The number of nitrogens with zero attached hydrogens (tertiary/aromatic N) is 2. The van der Waals surface area contributed by atoms with Crippen LogP contribution in [0.3, 0.4) is 0 Å². The summed E-state index contributed by atoms with van der Waals surface area (Å²) < 4.78 is 44.1. The van der Waals surface area contributed by atoms with Crippen molar-refractivity contribution in [1.82, 2.24) is 4.31 Å². The molecule has 172 valence electrons. The summed E-state index contributed by atoms with van der Waals surface area (Å²) in [5.74, 6) is -0.591. The largest absolute Gasteiger partial charge is 0.497 e. The molecule has 1 atom stereocenters. The van der Waals surface area contributed by atoms with Gasteiger partial charge in [-0.05, 0) is 48.5 Å². The third kappa shape index (κ3) is 4.86. The number of imide groups is 1. The van der Waals surface area contributed by atoms with E-state index in [1.807, 2.05) is 0 Å². The molecule has 1 aliphatic rings. The molecular formula is C21H23BrN2O7S. The number of halogens is 1. The number of carbonyl (C=O) groups is 2. The summed E-state index contributed by atoms with van der Waals surface area (Å²) in [5.41, 5.74) is 0.333. The SMILES string of the molecule is COc1ccc(N2C(=O)CC(N(CC(OC)OC)S(=O)(=O)c3ccc(Br)cc3)C2=O)cc1. The molecule has 1 heterocycles. The van der Waals surface area contributed by atoms with Gasteiger partial charge in [0.25, 0.3) is 5.91 Å². The van der Waals surface area contributed by atoms with Gasteiger partial charge in [0.1, 0.15) is 11.8 Å². The van der Waals surface area contributed by atoms with E-state index in [0.29, 0.717) is 15.9 Å². The monoisotopic (exact) mass is 526 g/mol. The van der Waals surface area contributed by atoms with Gasteiger partial charge >= 0.3 is 0 Å². The molecule has 0 radical (unpaired) electrons. The van der Waals surface area contributed by atoms with Crippen LogP contribution in [0.15, 0.2) is 57.9 Å². The van der Waals surface area contributed by atoms with Crippen molar-refractivity contribution < 1.29 is 32.2 Å². The van der Waals surface area contributed by atoms with Crippen molar-refractivity contribution in [1.29, 1.82) is 0 Å².